The molecule has 0 heterocycles. The van der Waals surface area contributed by atoms with E-state index in [0.717, 1.165) is 0 Å². The molecule has 2 rings (SSSR count). The number of thiocarbonyl (C=S) groups is 1. The molecule has 0 unspecified atom stereocenters. The van der Waals surface area contributed by atoms with Gasteiger partial charge < -0.3 is 11.1 Å². The minimum atomic E-state index is -1.14. The summed E-state index contributed by atoms with van der Waals surface area (Å²) < 4.78 is 27.8. The van der Waals surface area contributed by atoms with Crippen molar-refractivity contribution in [1.29, 1.82) is 0 Å². The van der Waals surface area contributed by atoms with Crippen molar-refractivity contribution in [3.8, 4) is 0 Å². The van der Waals surface area contributed by atoms with Crippen LogP contribution >= 0.6 is 47.0 Å². The summed E-state index contributed by atoms with van der Waals surface area (Å²) in [5.74, 6) is -2.26. The van der Waals surface area contributed by atoms with Crippen LogP contribution in [0.1, 0.15) is 5.56 Å². The van der Waals surface area contributed by atoms with Crippen LogP contribution in [0, 0.1) is 11.6 Å². The molecule has 0 aromatic heterocycles. The van der Waals surface area contributed by atoms with Crippen molar-refractivity contribution in [2.24, 2.45) is 5.73 Å². The molecule has 0 atom stereocenters. The Morgan fingerprint density at radius 3 is 2.19 bits per heavy atom. The van der Waals surface area contributed by atoms with Crippen molar-refractivity contribution >= 4 is 63.4 Å². The molecule has 0 radical (unpaired) electrons. The molecule has 110 valence electrons. The SMILES string of the molecule is NC(=S)c1ccc(Nc2cc(Cl)c(Cl)cc2Cl)c(F)c1F. The van der Waals surface area contributed by atoms with Crippen molar-refractivity contribution in [3.05, 3.63) is 56.5 Å². The van der Waals surface area contributed by atoms with E-state index in [0.29, 0.717) is 0 Å². The topological polar surface area (TPSA) is 38.0 Å². The second kappa shape index (κ2) is 6.32. The first-order valence-corrected chi connectivity index (χ1v) is 7.05. The van der Waals surface area contributed by atoms with Crippen LogP contribution in [0.3, 0.4) is 0 Å². The predicted molar refractivity (Wildman–Crippen MR) is 87.0 cm³/mol. The van der Waals surface area contributed by atoms with Crippen LogP contribution in [-0.2, 0) is 0 Å². The third kappa shape index (κ3) is 3.37. The minimum absolute atomic E-state index is 0.132. The lowest BCUT2D eigenvalue weighted by Gasteiger charge is -2.12. The molecule has 21 heavy (non-hydrogen) atoms. The second-order valence-corrected chi connectivity index (χ2v) is 5.69. The van der Waals surface area contributed by atoms with Gasteiger partial charge in [0, 0.05) is 5.56 Å². The molecule has 2 aromatic carbocycles. The lowest BCUT2D eigenvalue weighted by molar-refractivity contribution is 0.510. The summed E-state index contributed by atoms with van der Waals surface area (Å²) in [6, 6.07) is 5.37. The highest BCUT2D eigenvalue weighted by atomic mass is 35.5. The zero-order valence-corrected chi connectivity index (χ0v) is 13.3. The lowest BCUT2D eigenvalue weighted by atomic mass is 10.1. The van der Waals surface area contributed by atoms with Crippen molar-refractivity contribution in [2.75, 3.05) is 5.32 Å². The molecule has 2 aromatic rings. The Hall–Kier alpha value is -1.14. The average Bonchev–Trinajstić information content (AvgIpc) is 2.40. The summed E-state index contributed by atoms with van der Waals surface area (Å²) in [7, 11) is 0. The van der Waals surface area contributed by atoms with Gasteiger partial charge in [0.2, 0.25) is 0 Å². The third-order valence-electron chi connectivity index (χ3n) is 2.63. The first kappa shape index (κ1) is 16.2. The average molecular weight is 368 g/mol. The quantitative estimate of drug-likeness (QED) is 0.571. The maximum atomic E-state index is 14.0. The highest BCUT2D eigenvalue weighted by Crippen LogP contribution is 2.34. The number of hydrogen-bond donors (Lipinski definition) is 2. The normalized spacial score (nSPS) is 10.5. The van der Waals surface area contributed by atoms with Crippen LogP contribution in [0.4, 0.5) is 20.2 Å². The maximum Gasteiger partial charge on any atom is 0.182 e. The summed E-state index contributed by atoms with van der Waals surface area (Å²) >= 11 is 22.2. The Labute approximate surface area is 139 Å². The highest BCUT2D eigenvalue weighted by Gasteiger charge is 2.16. The van der Waals surface area contributed by atoms with Crippen molar-refractivity contribution in [2.45, 2.75) is 0 Å². The van der Waals surface area contributed by atoms with Gasteiger partial charge in [-0.25, -0.2) is 8.78 Å². The summed E-state index contributed by atoms with van der Waals surface area (Å²) in [4.78, 5) is -0.231. The molecule has 0 saturated carbocycles. The Kier molecular flexibility index (Phi) is 4.88. The van der Waals surface area contributed by atoms with Gasteiger partial charge in [-0.15, -0.1) is 0 Å². The monoisotopic (exact) mass is 366 g/mol. The van der Waals surface area contributed by atoms with Crippen molar-refractivity contribution < 1.29 is 8.78 Å². The summed E-state index contributed by atoms with van der Waals surface area (Å²) in [6.07, 6.45) is 0. The number of anilines is 2. The van der Waals surface area contributed by atoms with Gasteiger partial charge in [-0.3, -0.25) is 0 Å². The minimum Gasteiger partial charge on any atom is -0.389 e. The van der Waals surface area contributed by atoms with E-state index in [1.165, 1.54) is 24.3 Å². The molecule has 0 spiro atoms. The molecular formula is C13H7Cl3F2N2S. The fourth-order valence-corrected chi connectivity index (χ4v) is 2.35. The Morgan fingerprint density at radius 2 is 1.57 bits per heavy atom. The number of hydrogen-bond acceptors (Lipinski definition) is 2. The first-order valence-electron chi connectivity index (χ1n) is 5.50. The van der Waals surface area contributed by atoms with E-state index in [1.54, 1.807) is 0 Å². The number of nitrogens with one attached hydrogen (secondary N) is 1. The molecule has 0 amide bonds. The molecule has 0 aliphatic carbocycles. The fraction of sp³-hybridized carbons (Fsp3) is 0. The van der Waals surface area contributed by atoms with Crippen molar-refractivity contribution in [1.82, 2.24) is 0 Å². The zero-order chi connectivity index (χ0) is 15.7. The molecule has 0 saturated heterocycles. The molecule has 3 N–H and O–H groups in total. The summed E-state index contributed by atoms with van der Waals surface area (Å²) in [6.45, 7) is 0. The standard InChI is InChI=1S/C13H7Cl3F2N2S/c14-6-3-8(16)10(4-7(6)15)20-9-2-1-5(13(19)21)11(17)12(9)18/h1-4,20H,(H2,19,21). The van der Waals surface area contributed by atoms with Crippen LogP contribution in [0.5, 0.6) is 0 Å². The van der Waals surface area contributed by atoms with E-state index in [4.69, 9.17) is 40.5 Å². The lowest BCUT2D eigenvalue weighted by Crippen LogP contribution is -2.13. The molecule has 0 fully saturated rings. The van der Waals surface area contributed by atoms with Crippen molar-refractivity contribution in [3.63, 3.8) is 0 Å². The van der Waals surface area contributed by atoms with Crippen LogP contribution in [-0.4, -0.2) is 4.99 Å². The Bertz CT molecular complexity index is 738. The summed E-state index contributed by atoms with van der Waals surface area (Å²) in [5, 5.41) is 3.33. The Balaban J connectivity index is 2.43. The number of benzene rings is 2. The van der Waals surface area contributed by atoms with Gasteiger partial charge in [0.05, 0.1) is 26.4 Å². The first-order chi connectivity index (χ1) is 9.81. The highest BCUT2D eigenvalue weighted by molar-refractivity contribution is 7.80. The molecule has 8 heteroatoms. The van der Waals surface area contributed by atoms with Gasteiger partial charge in [0.15, 0.2) is 11.6 Å². The van der Waals surface area contributed by atoms with E-state index >= 15 is 0 Å². The smallest absolute Gasteiger partial charge is 0.182 e. The van der Waals surface area contributed by atoms with Gasteiger partial charge in [-0.1, -0.05) is 47.0 Å². The number of rotatable bonds is 3. The van der Waals surface area contributed by atoms with E-state index in [-0.39, 0.29) is 37.0 Å². The predicted octanol–water partition coefficient (Wildman–Crippen LogP) is 5.30. The summed E-state index contributed by atoms with van der Waals surface area (Å²) in [5.41, 5.74) is 5.28. The van der Waals surface area contributed by atoms with Crippen LogP contribution in [0.25, 0.3) is 0 Å². The van der Waals surface area contributed by atoms with E-state index < -0.39 is 11.6 Å². The zero-order valence-electron chi connectivity index (χ0n) is 10.2. The van der Waals surface area contributed by atoms with E-state index in [9.17, 15) is 8.78 Å². The van der Waals surface area contributed by atoms with E-state index in [1.807, 2.05) is 0 Å². The van der Waals surface area contributed by atoms with Gasteiger partial charge >= 0.3 is 0 Å². The fourth-order valence-electron chi connectivity index (χ4n) is 1.60. The number of nitrogens with two attached hydrogens (primary N) is 1. The van der Waals surface area contributed by atoms with Gasteiger partial charge in [-0.05, 0) is 24.3 Å². The molecule has 0 bridgehead atoms. The Morgan fingerprint density at radius 1 is 0.952 bits per heavy atom. The van der Waals surface area contributed by atoms with Crippen LogP contribution < -0.4 is 11.1 Å². The number of halogens is 5. The van der Waals surface area contributed by atoms with E-state index in [2.05, 4.69) is 17.5 Å². The molecule has 2 nitrogen and oxygen atoms in total. The van der Waals surface area contributed by atoms with Crippen LogP contribution in [0.2, 0.25) is 15.1 Å². The molecule has 0 aliphatic rings. The van der Waals surface area contributed by atoms with Gasteiger partial charge in [-0.2, -0.15) is 0 Å². The van der Waals surface area contributed by atoms with Crippen LogP contribution in [0.15, 0.2) is 24.3 Å². The van der Waals surface area contributed by atoms with Gasteiger partial charge in [0.25, 0.3) is 0 Å². The maximum absolute atomic E-state index is 14.0. The second-order valence-electron chi connectivity index (χ2n) is 4.02. The molecular weight excluding hydrogens is 361 g/mol. The van der Waals surface area contributed by atoms with Gasteiger partial charge in [0.1, 0.15) is 4.99 Å². The third-order valence-corrected chi connectivity index (χ3v) is 3.88. The largest absolute Gasteiger partial charge is 0.389 e. The molecule has 0 aliphatic heterocycles.